The molecule has 1 heterocycles. The molecule has 104 valence electrons. The van der Waals surface area contributed by atoms with E-state index < -0.39 is 5.97 Å². The largest absolute Gasteiger partial charge is 0.478 e. The number of nitrogens with zero attached hydrogens (tertiary/aromatic N) is 1. The summed E-state index contributed by atoms with van der Waals surface area (Å²) in [5.74, 6) is -0.635. The summed E-state index contributed by atoms with van der Waals surface area (Å²) in [5, 5.41) is 21.9. The van der Waals surface area contributed by atoms with Crippen molar-refractivity contribution in [3.05, 3.63) is 29.6 Å². The smallest absolute Gasteiger partial charge is 0.337 e. The highest BCUT2D eigenvalue weighted by Gasteiger charge is 2.22. The number of aliphatic hydroxyl groups excluding tert-OH is 1. The second kappa shape index (κ2) is 6.63. The van der Waals surface area contributed by atoms with Crippen molar-refractivity contribution in [3.8, 4) is 0 Å². The zero-order valence-corrected chi connectivity index (χ0v) is 10.9. The maximum atomic E-state index is 10.7. The van der Waals surface area contributed by atoms with Crippen molar-refractivity contribution in [2.45, 2.75) is 38.3 Å². The van der Waals surface area contributed by atoms with E-state index in [1.165, 1.54) is 12.6 Å². The Balaban J connectivity index is 1.77. The molecule has 0 aliphatic heterocycles. The van der Waals surface area contributed by atoms with Crippen molar-refractivity contribution in [1.82, 2.24) is 10.3 Å². The molecule has 3 N–H and O–H groups in total. The molecule has 2 atom stereocenters. The Morgan fingerprint density at radius 2 is 2.16 bits per heavy atom. The summed E-state index contributed by atoms with van der Waals surface area (Å²) in [7, 11) is 0. The van der Waals surface area contributed by atoms with Gasteiger partial charge in [-0.3, -0.25) is 4.98 Å². The first kappa shape index (κ1) is 14.0. The highest BCUT2D eigenvalue weighted by Crippen LogP contribution is 2.23. The summed E-state index contributed by atoms with van der Waals surface area (Å²) in [6.45, 7) is 1.38. The normalized spacial score (nSPS) is 23.2. The van der Waals surface area contributed by atoms with Crippen LogP contribution in [0.3, 0.4) is 0 Å². The number of pyridine rings is 1. The molecule has 0 aromatic carbocycles. The van der Waals surface area contributed by atoms with Gasteiger partial charge in [0.05, 0.1) is 17.4 Å². The van der Waals surface area contributed by atoms with Crippen molar-refractivity contribution >= 4 is 5.97 Å². The molecule has 2 rings (SSSR count). The summed E-state index contributed by atoms with van der Waals surface area (Å²) in [6, 6.07) is 3.27. The highest BCUT2D eigenvalue weighted by molar-refractivity contribution is 5.87. The molecule has 0 saturated heterocycles. The number of hydrogen-bond acceptors (Lipinski definition) is 4. The number of carbonyl (C=O) groups is 1. The number of aromatic nitrogens is 1. The molecule has 0 radical (unpaired) electrons. The standard InChI is InChI=1S/C14H20N2O3/c17-13-4-2-1-3-10(13)7-15-9-12-6-5-11(8-16-12)14(18)19/h5-6,8,10,13,15,17H,1-4,7,9H2,(H,18,19). The molecule has 0 amide bonds. The number of carboxylic acid groups (broad SMARTS) is 1. The lowest BCUT2D eigenvalue weighted by molar-refractivity contribution is 0.0689. The van der Waals surface area contributed by atoms with Crippen LogP contribution in [-0.2, 0) is 6.54 Å². The number of carboxylic acids is 1. The second-order valence-corrected chi connectivity index (χ2v) is 5.09. The summed E-state index contributed by atoms with van der Waals surface area (Å²) in [6.07, 6.45) is 5.46. The van der Waals surface area contributed by atoms with Crippen LogP contribution in [0.5, 0.6) is 0 Å². The molecule has 1 aromatic heterocycles. The van der Waals surface area contributed by atoms with Gasteiger partial charge in [-0.1, -0.05) is 12.8 Å². The maximum absolute atomic E-state index is 10.7. The molecular weight excluding hydrogens is 244 g/mol. The molecular formula is C14H20N2O3. The molecule has 1 aromatic rings. The molecule has 1 aliphatic carbocycles. The summed E-state index contributed by atoms with van der Waals surface area (Å²) < 4.78 is 0. The van der Waals surface area contributed by atoms with E-state index in [-0.39, 0.29) is 11.7 Å². The fourth-order valence-corrected chi connectivity index (χ4v) is 2.47. The Labute approximate surface area is 112 Å². The number of aromatic carboxylic acids is 1. The van der Waals surface area contributed by atoms with Gasteiger partial charge in [0.15, 0.2) is 0 Å². The van der Waals surface area contributed by atoms with Gasteiger partial charge in [-0.15, -0.1) is 0 Å². The van der Waals surface area contributed by atoms with Gasteiger partial charge in [-0.05, 0) is 30.9 Å². The average molecular weight is 264 g/mol. The predicted molar refractivity (Wildman–Crippen MR) is 70.9 cm³/mol. The van der Waals surface area contributed by atoms with Gasteiger partial charge in [0.1, 0.15) is 0 Å². The Morgan fingerprint density at radius 3 is 2.79 bits per heavy atom. The average Bonchev–Trinajstić information content (AvgIpc) is 2.41. The lowest BCUT2D eigenvalue weighted by atomic mass is 9.86. The van der Waals surface area contributed by atoms with Crippen molar-refractivity contribution in [2.75, 3.05) is 6.54 Å². The summed E-state index contributed by atoms with van der Waals surface area (Å²) in [4.78, 5) is 14.8. The zero-order chi connectivity index (χ0) is 13.7. The van der Waals surface area contributed by atoms with Crippen molar-refractivity contribution in [1.29, 1.82) is 0 Å². The second-order valence-electron chi connectivity index (χ2n) is 5.09. The third-order valence-corrected chi connectivity index (χ3v) is 3.65. The van der Waals surface area contributed by atoms with Crippen LogP contribution in [0.4, 0.5) is 0 Å². The minimum atomic E-state index is -0.961. The Hall–Kier alpha value is -1.46. The van der Waals surface area contributed by atoms with Crippen molar-refractivity contribution in [2.24, 2.45) is 5.92 Å². The molecule has 5 heteroatoms. The SMILES string of the molecule is O=C(O)c1ccc(CNCC2CCCCC2O)nc1. The third-order valence-electron chi connectivity index (χ3n) is 3.65. The Kier molecular flexibility index (Phi) is 4.87. The van der Waals surface area contributed by atoms with Crippen LogP contribution in [0.2, 0.25) is 0 Å². The lowest BCUT2D eigenvalue weighted by Gasteiger charge is -2.27. The number of nitrogens with one attached hydrogen (secondary N) is 1. The van der Waals surface area contributed by atoms with Crippen LogP contribution in [0, 0.1) is 5.92 Å². The van der Waals surface area contributed by atoms with E-state index in [9.17, 15) is 9.90 Å². The quantitative estimate of drug-likeness (QED) is 0.749. The van der Waals surface area contributed by atoms with E-state index in [1.54, 1.807) is 12.1 Å². The first-order chi connectivity index (χ1) is 9.16. The van der Waals surface area contributed by atoms with Gasteiger partial charge in [-0.25, -0.2) is 4.79 Å². The van der Waals surface area contributed by atoms with Gasteiger partial charge < -0.3 is 15.5 Å². The molecule has 0 bridgehead atoms. The third kappa shape index (κ3) is 4.01. The number of rotatable bonds is 5. The van der Waals surface area contributed by atoms with Crippen LogP contribution in [0.15, 0.2) is 18.3 Å². The summed E-state index contributed by atoms with van der Waals surface area (Å²) in [5.41, 5.74) is 1.02. The van der Waals surface area contributed by atoms with E-state index >= 15 is 0 Å². The molecule has 5 nitrogen and oxygen atoms in total. The summed E-state index contributed by atoms with van der Waals surface area (Å²) >= 11 is 0. The van der Waals surface area contributed by atoms with E-state index in [4.69, 9.17) is 5.11 Å². The van der Waals surface area contributed by atoms with Crippen molar-refractivity contribution in [3.63, 3.8) is 0 Å². The Morgan fingerprint density at radius 1 is 1.37 bits per heavy atom. The van der Waals surface area contributed by atoms with Gasteiger partial charge >= 0.3 is 5.97 Å². The monoisotopic (exact) mass is 264 g/mol. The highest BCUT2D eigenvalue weighted by atomic mass is 16.4. The van der Waals surface area contributed by atoms with Crippen LogP contribution >= 0.6 is 0 Å². The van der Waals surface area contributed by atoms with Gasteiger partial charge in [0.25, 0.3) is 0 Å². The first-order valence-corrected chi connectivity index (χ1v) is 6.74. The van der Waals surface area contributed by atoms with Crippen molar-refractivity contribution < 1.29 is 15.0 Å². The molecule has 19 heavy (non-hydrogen) atoms. The van der Waals surface area contributed by atoms with E-state index in [0.717, 1.165) is 31.5 Å². The minimum Gasteiger partial charge on any atom is -0.478 e. The maximum Gasteiger partial charge on any atom is 0.337 e. The molecule has 1 aliphatic rings. The molecule has 2 unspecified atom stereocenters. The van der Waals surface area contributed by atoms with Gasteiger partial charge in [-0.2, -0.15) is 0 Å². The van der Waals surface area contributed by atoms with Gasteiger partial charge in [0.2, 0.25) is 0 Å². The molecule has 1 fully saturated rings. The Bertz CT molecular complexity index is 419. The molecule has 1 saturated carbocycles. The van der Waals surface area contributed by atoms with Crippen LogP contribution < -0.4 is 5.32 Å². The predicted octanol–water partition coefficient (Wildman–Crippen LogP) is 1.42. The van der Waals surface area contributed by atoms with Gasteiger partial charge in [0, 0.05) is 19.3 Å². The first-order valence-electron chi connectivity index (χ1n) is 6.74. The topological polar surface area (TPSA) is 82.5 Å². The van der Waals surface area contributed by atoms with Crippen LogP contribution in [0.1, 0.15) is 41.7 Å². The van der Waals surface area contributed by atoms with E-state index in [1.807, 2.05) is 0 Å². The number of aliphatic hydroxyl groups is 1. The van der Waals surface area contributed by atoms with E-state index in [2.05, 4.69) is 10.3 Å². The lowest BCUT2D eigenvalue weighted by Crippen LogP contribution is -2.33. The fraction of sp³-hybridized carbons (Fsp3) is 0.571. The zero-order valence-electron chi connectivity index (χ0n) is 10.9. The van der Waals surface area contributed by atoms with E-state index in [0.29, 0.717) is 12.5 Å². The van der Waals surface area contributed by atoms with Crippen LogP contribution in [-0.4, -0.2) is 33.8 Å². The number of hydrogen-bond donors (Lipinski definition) is 3. The molecule has 0 spiro atoms. The minimum absolute atomic E-state index is 0.191. The van der Waals surface area contributed by atoms with Crippen LogP contribution in [0.25, 0.3) is 0 Å². The fourth-order valence-electron chi connectivity index (χ4n) is 2.47.